The smallest absolute Gasteiger partial charge is 0.0488 e. The van der Waals surface area contributed by atoms with E-state index in [1.54, 1.807) is 0 Å². The highest BCUT2D eigenvalue weighted by Crippen LogP contribution is 2.21. The highest BCUT2D eigenvalue weighted by atomic mass is 79.9. The van der Waals surface area contributed by atoms with Gasteiger partial charge in [0.05, 0.1) is 0 Å². The molecule has 0 atom stereocenters. The predicted molar refractivity (Wildman–Crippen MR) is 54.6 cm³/mol. The van der Waals surface area contributed by atoms with E-state index >= 15 is 0 Å². The third kappa shape index (κ3) is 2.93. The predicted octanol–water partition coefficient (Wildman–Crippen LogP) is 3.37. The molecule has 0 bridgehead atoms. The summed E-state index contributed by atoms with van der Waals surface area (Å²) in [4.78, 5) is 0. The van der Waals surface area contributed by atoms with E-state index in [1.165, 1.54) is 0 Å². The number of nitrogens with two attached hydrogens (primary N) is 1. The maximum Gasteiger partial charge on any atom is 0.0488 e. The summed E-state index contributed by atoms with van der Waals surface area (Å²) in [5, 5.41) is 0. The lowest BCUT2D eigenvalue weighted by molar-refractivity contribution is 1.45. The van der Waals surface area contributed by atoms with E-state index in [0.717, 1.165) is 15.7 Å². The number of para-hydroxylation sites is 1. The van der Waals surface area contributed by atoms with Gasteiger partial charge in [-0.05, 0) is 34.5 Å². The van der Waals surface area contributed by atoms with Crippen LogP contribution in [0.4, 0.5) is 5.69 Å². The number of nitrogen functional groups attached to an aromatic ring is 1. The molecule has 2 heteroatoms. The van der Waals surface area contributed by atoms with Crippen molar-refractivity contribution < 1.29 is 0 Å². The van der Waals surface area contributed by atoms with E-state index in [-0.39, 0.29) is 0 Å². The average Bonchev–Trinajstić information content (AvgIpc) is 2.04. The molecule has 0 aliphatic rings. The zero-order valence-electron chi connectivity index (χ0n) is 7.19. The molecule has 0 fully saturated rings. The number of anilines is 1. The summed E-state index contributed by atoms with van der Waals surface area (Å²) in [6.45, 7) is 5.99. The Bertz CT molecular complexity index is 201. The van der Waals surface area contributed by atoms with Gasteiger partial charge in [-0.15, -0.1) is 0 Å². The van der Waals surface area contributed by atoms with Crippen molar-refractivity contribution in [2.75, 3.05) is 5.73 Å². The molecule has 1 rings (SSSR count). The van der Waals surface area contributed by atoms with Crippen molar-refractivity contribution in [3.05, 3.63) is 28.2 Å². The van der Waals surface area contributed by atoms with Crippen molar-refractivity contribution in [2.45, 2.75) is 20.8 Å². The second-order valence-corrected chi connectivity index (χ2v) is 2.82. The molecule has 0 heterocycles. The lowest BCUT2D eigenvalue weighted by atomic mass is 10.2. The minimum Gasteiger partial charge on any atom is -0.398 e. The zero-order chi connectivity index (χ0) is 8.85. The van der Waals surface area contributed by atoms with Gasteiger partial charge in [0.25, 0.3) is 0 Å². The van der Waals surface area contributed by atoms with Crippen LogP contribution in [0.2, 0.25) is 0 Å². The van der Waals surface area contributed by atoms with Crippen LogP contribution < -0.4 is 5.73 Å². The summed E-state index contributed by atoms with van der Waals surface area (Å²) in [5.41, 5.74) is 7.58. The molecule has 0 aliphatic heterocycles. The fourth-order valence-corrected chi connectivity index (χ4v) is 1.11. The number of benzene rings is 1. The Kier molecular flexibility index (Phi) is 4.95. The molecule has 1 aromatic rings. The Morgan fingerprint density at radius 1 is 1.27 bits per heavy atom. The SMILES string of the molecule is CC.Cc1cccc(Br)c1N. The molecule has 62 valence electrons. The van der Waals surface area contributed by atoms with Gasteiger partial charge >= 0.3 is 0 Å². The van der Waals surface area contributed by atoms with Crippen LogP contribution >= 0.6 is 15.9 Å². The van der Waals surface area contributed by atoms with Gasteiger partial charge in [0, 0.05) is 10.2 Å². The first-order valence-corrected chi connectivity index (χ1v) is 4.51. The van der Waals surface area contributed by atoms with Crippen LogP contribution in [-0.4, -0.2) is 0 Å². The number of aryl methyl sites for hydroxylation is 1. The van der Waals surface area contributed by atoms with Crippen molar-refractivity contribution in [2.24, 2.45) is 0 Å². The highest BCUT2D eigenvalue weighted by Gasteiger charge is 1.94. The van der Waals surface area contributed by atoms with Gasteiger partial charge in [-0.1, -0.05) is 26.0 Å². The van der Waals surface area contributed by atoms with Gasteiger partial charge in [-0.3, -0.25) is 0 Å². The second-order valence-electron chi connectivity index (χ2n) is 1.97. The maximum absolute atomic E-state index is 5.63. The van der Waals surface area contributed by atoms with E-state index in [4.69, 9.17) is 5.73 Å². The number of hydrogen-bond acceptors (Lipinski definition) is 1. The average molecular weight is 216 g/mol. The third-order valence-corrected chi connectivity index (χ3v) is 1.96. The first-order chi connectivity index (χ1) is 5.22. The second kappa shape index (κ2) is 5.19. The first-order valence-electron chi connectivity index (χ1n) is 3.72. The Morgan fingerprint density at radius 2 is 1.82 bits per heavy atom. The van der Waals surface area contributed by atoms with Crippen LogP contribution in [-0.2, 0) is 0 Å². The molecule has 0 saturated heterocycles. The molecular weight excluding hydrogens is 202 g/mol. The van der Waals surface area contributed by atoms with E-state index in [2.05, 4.69) is 15.9 Å². The van der Waals surface area contributed by atoms with E-state index < -0.39 is 0 Å². The third-order valence-electron chi connectivity index (χ3n) is 1.27. The normalized spacial score (nSPS) is 8.36. The minimum atomic E-state index is 0.831. The van der Waals surface area contributed by atoms with Crippen molar-refractivity contribution in [3.8, 4) is 0 Å². The van der Waals surface area contributed by atoms with E-state index in [9.17, 15) is 0 Å². The number of rotatable bonds is 0. The molecule has 0 amide bonds. The Hall–Kier alpha value is -0.500. The van der Waals surface area contributed by atoms with Crippen LogP contribution in [0.15, 0.2) is 22.7 Å². The molecule has 0 aromatic heterocycles. The molecule has 0 aliphatic carbocycles. The fourth-order valence-electron chi connectivity index (χ4n) is 0.645. The molecule has 0 spiro atoms. The molecule has 0 radical (unpaired) electrons. The number of hydrogen-bond donors (Lipinski definition) is 1. The van der Waals surface area contributed by atoms with Gasteiger partial charge < -0.3 is 5.73 Å². The lowest BCUT2D eigenvalue weighted by Gasteiger charge is -1.99. The van der Waals surface area contributed by atoms with Crippen molar-refractivity contribution in [1.29, 1.82) is 0 Å². The van der Waals surface area contributed by atoms with Crippen LogP contribution in [0.25, 0.3) is 0 Å². The van der Waals surface area contributed by atoms with Crippen molar-refractivity contribution >= 4 is 21.6 Å². The van der Waals surface area contributed by atoms with Crippen molar-refractivity contribution in [3.63, 3.8) is 0 Å². The van der Waals surface area contributed by atoms with Crippen LogP contribution in [0.5, 0.6) is 0 Å². The summed E-state index contributed by atoms with van der Waals surface area (Å²) in [5.74, 6) is 0. The Balaban J connectivity index is 0.000000461. The topological polar surface area (TPSA) is 26.0 Å². The molecule has 2 N–H and O–H groups in total. The van der Waals surface area contributed by atoms with Crippen LogP contribution in [0.1, 0.15) is 19.4 Å². The minimum absolute atomic E-state index is 0.831. The molecule has 0 saturated carbocycles. The first kappa shape index (κ1) is 10.5. The summed E-state index contributed by atoms with van der Waals surface area (Å²) < 4.78 is 0.975. The largest absolute Gasteiger partial charge is 0.398 e. The fraction of sp³-hybridized carbons (Fsp3) is 0.333. The zero-order valence-corrected chi connectivity index (χ0v) is 8.77. The number of halogens is 1. The summed E-state index contributed by atoms with van der Waals surface area (Å²) in [6.07, 6.45) is 0. The van der Waals surface area contributed by atoms with E-state index in [0.29, 0.717) is 0 Å². The highest BCUT2D eigenvalue weighted by molar-refractivity contribution is 9.10. The van der Waals surface area contributed by atoms with Gasteiger partial charge in [0.1, 0.15) is 0 Å². The molecule has 1 aromatic carbocycles. The standard InChI is InChI=1S/C7H8BrN.C2H6/c1-5-3-2-4-6(8)7(5)9;1-2/h2-4H,9H2,1H3;1-2H3. The summed E-state index contributed by atoms with van der Waals surface area (Å²) in [7, 11) is 0. The lowest BCUT2D eigenvalue weighted by Crippen LogP contribution is -1.88. The molecule has 1 nitrogen and oxygen atoms in total. The van der Waals surface area contributed by atoms with Crippen LogP contribution in [0.3, 0.4) is 0 Å². The van der Waals surface area contributed by atoms with Gasteiger partial charge in [0.15, 0.2) is 0 Å². The molecular formula is C9H14BrN. The van der Waals surface area contributed by atoms with Gasteiger partial charge in [-0.25, -0.2) is 0 Å². The molecule has 0 unspecified atom stereocenters. The van der Waals surface area contributed by atoms with Gasteiger partial charge in [0.2, 0.25) is 0 Å². The van der Waals surface area contributed by atoms with Gasteiger partial charge in [-0.2, -0.15) is 0 Å². The Morgan fingerprint density at radius 3 is 2.18 bits per heavy atom. The monoisotopic (exact) mass is 215 g/mol. The van der Waals surface area contributed by atoms with E-state index in [1.807, 2.05) is 39.0 Å². The Labute approximate surface area is 76.7 Å². The maximum atomic E-state index is 5.63. The summed E-state index contributed by atoms with van der Waals surface area (Å²) in [6, 6.07) is 5.89. The quantitative estimate of drug-likeness (QED) is 0.661. The molecule has 11 heavy (non-hydrogen) atoms. The van der Waals surface area contributed by atoms with Crippen LogP contribution in [0, 0.1) is 6.92 Å². The van der Waals surface area contributed by atoms with Crippen molar-refractivity contribution in [1.82, 2.24) is 0 Å². The summed E-state index contributed by atoms with van der Waals surface area (Å²) >= 11 is 3.32.